The lowest BCUT2D eigenvalue weighted by Crippen LogP contribution is -2.35. The minimum Gasteiger partial charge on any atom is -0.452 e. The second kappa shape index (κ2) is 7.47. The number of anilines is 1. The van der Waals surface area contributed by atoms with Gasteiger partial charge in [0, 0.05) is 11.7 Å². The number of halogens is 1. The van der Waals surface area contributed by atoms with Crippen molar-refractivity contribution in [2.75, 3.05) is 12.3 Å². The average molecular weight is 282 g/mol. The first-order valence-electron chi connectivity index (χ1n) is 6.45. The Kier molecular flexibility index (Phi) is 5.96. The SMILES string of the molecule is CCCC(C)NC(=O)COC(=O)c1cc(N)cc(F)c1. The number of rotatable bonds is 6. The summed E-state index contributed by atoms with van der Waals surface area (Å²) in [6.45, 7) is 3.48. The van der Waals surface area contributed by atoms with Gasteiger partial charge in [-0.1, -0.05) is 13.3 Å². The van der Waals surface area contributed by atoms with E-state index < -0.39 is 18.4 Å². The maximum absolute atomic E-state index is 13.1. The van der Waals surface area contributed by atoms with Crippen molar-refractivity contribution >= 4 is 17.6 Å². The summed E-state index contributed by atoms with van der Waals surface area (Å²) in [6.07, 6.45) is 1.80. The molecule has 1 amide bonds. The van der Waals surface area contributed by atoms with Gasteiger partial charge in [-0.05, 0) is 31.5 Å². The molecule has 1 aromatic rings. The molecule has 0 fully saturated rings. The van der Waals surface area contributed by atoms with Crippen molar-refractivity contribution in [3.63, 3.8) is 0 Å². The van der Waals surface area contributed by atoms with Crippen LogP contribution in [0.25, 0.3) is 0 Å². The Labute approximate surface area is 117 Å². The van der Waals surface area contributed by atoms with Gasteiger partial charge in [-0.2, -0.15) is 0 Å². The Balaban J connectivity index is 2.48. The highest BCUT2D eigenvalue weighted by molar-refractivity contribution is 5.92. The second-order valence-corrected chi connectivity index (χ2v) is 4.61. The molecule has 0 radical (unpaired) electrons. The fourth-order valence-corrected chi connectivity index (χ4v) is 1.77. The van der Waals surface area contributed by atoms with Gasteiger partial charge in [0.2, 0.25) is 0 Å². The van der Waals surface area contributed by atoms with Gasteiger partial charge in [0.25, 0.3) is 5.91 Å². The highest BCUT2D eigenvalue weighted by atomic mass is 19.1. The van der Waals surface area contributed by atoms with Crippen molar-refractivity contribution in [3.05, 3.63) is 29.6 Å². The van der Waals surface area contributed by atoms with Crippen LogP contribution in [0.15, 0.2) is 18.2 Å². The summed E-state index contributed by atoms with van der Waals surface area (Å²) in [5.41, 5.74) is 5.53. The smallest absolute Gasteiger partial charge is 0.338 e. The molecule has 6 heteroatoms. The van der Waals surface area contributed by atoms with E-state index in [-0.39, 0.29) is 23.2 Å². The lowest BCUT2D eigenvalue weighted by atomic mass is 10.2. The molecule has 3 N–H and O–H groups in total. The highest BCUT2D eigenvalue weighted by Gasteiger charge is 2.13. The third-order valence-electron chi connectivity index (χ3n) is 2.62. The van der Waals surface area contributed by atoms with Gasteiger partial charge < -0.3 is 15.8 Å². The summed E-state index contributed by atoms with van der Waals surface area (Å²) < 4.78 is 17.9. The summed E-state index contributed by atoms with van der Waals surface area (Å²) in [4.78, 5) is 23.2. The van der Waals surface area contributed by atoms with E-state index in [2.05, 4.69) is 5.32 Å². The number of esters is 1. The van der Waals surface area contributed by atoms with E-state index in [0.717, 1.165) is 25.0 Å². The van der Waals surface area contributed by atoms with Gasteiger partial charge >= 0.3 is 5.97 Å². The van der Waals surface area contributed by atoms with E-state index in [1.807, 2.05) is 13.8 Å². The Bertz CT molecular complexity index is 471. The van der Waals surface area contributed by atoms with Crippen LogP contribution in [0, 0.1) is 5.82 Å². The third kappa shape index (κ3) is 5.26. The van der Waals surface area contributed by atoms with E-state index in [1.54, 1.807) is 0 Å². The van der Waals surface area contributed by atoms with Crippen LogP contribution in [0.4, 0.5) is 10.1 Å². The van der Waals surface area contributed by atoms with Gasteiger partial charge in [0.1, 0.15) is 5.82 Å². The Morgan fingerprint density at radius 2 is 2.10 bits per heavy atom. The number of hydrogen-bond acceptors (Lipinski definition) is 4. The Morgan fingerprint density at radius 1 is 1.40 bits per heavy atom. The van der Waals surface area contributed by atoms with Crippen molar-refractivity contribution in [1.82, 2.24) is 5.32 Å². The number of carbonyl (C=O) groups is 2. The number of nitrogens with one attached hydrogen (secondary N) is 1. The van der Waals surface area contributed by atoms with E-state index in [4.69, 9.17) is 10.5 Å². The molecule has 0 spiro atoms. The molecule has 0 aliphatic rings. The number of ether oxygens (including phenoxy) is 1. The van der Waals surface area contributed by atoms with Gasteiger partial charge in [-0.25, -0.2) is 9.18 Å². The molecule has 0 aromatic heterocycles. The number of carbonyl (C=O) groups excluding carboxylic acids is 2. The van der Waals surface area contributed by atoms with E-state index in [1.165, 1.54) is 6.07 Å². The van der Waals surface area contributed by atoms with Crippen LogP contribution >= 0.6 is 0 Å². The van der Waals surface area contributed by atoms with Gasteiger partial charge in [0.15, 0.2) is 6.61 Å². The second-order valence-electron chi connectivity index (χ2n) is 4.61. The standard InChI is InChI=1S/C14H19FN2O3/c1-3-4-9(2)17-13(18)8-20-14(19)10-5-11(15)7-12(16)6-10/h5-7,9H,3-4,8,16H2,1-2H3,(H,17,18). The van der Waals surface area contributed by atoms with Crippen LogP contribution in [0.1, 0.15) is 37.0 Å². The first-order valence-corrected chi connectivity index (χ1v) is 6.45. The topological polar surface area (TPSA) is 81.4 Å². The van der Waals surface area contributed by atoms with Crippen molar-refractivity contribution in [3.8, 4) is 0 Å². The number of amides is 1. The Morgan fingerprint density at radius 3 is 2.70 bits per heavy atom. The lowest BCUT2D eigenvalue weighted by Gasteiger charge is -2.12. The molecule has 1 atom stereocenters. The molecule has 0 bridgehead atoms. The number of hydrogen-bond donors (Lipinski definition) is 2. The maximum atomic E-state index is 13.1. The third-order valence-corrected chi connectivity index (χ3v) is 2.62. The van der Waals surface area contributed by atoms with Crippen molar-refractivity contribution in [1.29, 1.82) is 0 Å². The molecule has 0 heterocycles. The molecule has 20 heavy (non-hydrogen) atoms. The molecule has 1 rings (SSSR count). The largest absolute Gasteiger partial charge is 0.452 e. The quantitative estimate of drug-likeness (QED) is 0.616. The highest BCUT2D eigenvalue weighted by Crippen LogP contribution is 2.11. The lowest BCUT2D eigenvalue weighted by molar-refractivity contribution is -0.124. The number of nitrogens with two attached hydrogens (primary N) is 1. The van der Waals surface area contributed by atoms with E-state index >= 15 is 0 Å². The molecule has 110 valence electrons. The van der Waals surface area contributed by atoms with Gasteiger partial charge in [0.05, 0.1) is 5.56 Å². The monoisotopic (exact) mass is 282 g/mol. The predicted molar refractivity (Wildman–Crippen MR) is 73.6 cm³/mol. The zero-order chi connectivity index (χ0) is 15.1. The molecular weight excluding hydrogens is 263 g/mol. The fraction of sp³-hybridized carbons (Fsp3) is 0.429. The molecule has 0 aliphatic carbocycles. The number of benzene rings is 1. The van der Waals surface area contributed by atoms with Crippen LogP contribution in [0.2, 0.25) is 0 Å². The van der Waals surface area contributed by atoms with Gasteiger partial charge in [-0.3, -0.25) is 4.79 Å². The zero-order valence-electron chi connectivity index (χ0n) is 11.6. The summed E-state index contributed by atoms with van der Waals surface area (Å²) >= 11 is 0. The van der Waals surface area contributed by atoms with Crippen LogP contribution < -0.4 is 11.1 Å². The predicted octanol–water partition coefficient (Wildman–Crippen LogP) is 1.87. The van der Waals surface area contributed by atoms with Crippen molar-refractivity contribution < 1.29 is 18.7 Å². The van der Waals surface area contributed by atoms with Crippen LogP contribution in [-0.4, -0.2) is 24.5 Å². The Hall–Kier alpha value is -2.11. The summed E-state index contributed by atoms with van der Waals surface area (Å²) in [5, 5.41) is 2.70. The maximum Gasteiger partial charge on any atom is 0.338 e. The summed E-state index contributed by atoms with van der Waals surface area (Å²) in [6, 6.07) is 3.42. The van der Waals surface area contributed by atoms with Crippen LogP contribution in [-0.2, 0) is 9.53 Å². The molecule has 0 aliphatic heterocycles. The molecule has 5 nitrogen and oxygen atoms in total. The van der Waals surface area contributed by atoms with Crippen molar-refractivity contribution in [2.45, 2.75) is 32.7 Å². The molecule has 0 saturated carbocycles. The first kappa shape index (κ1) is 15.9. The van der Waals surface area contributed by atoms with Crippen LogP contribution in [0.3, 0.4) is 0 Å². The summed E-state index contributed by atoms with van der Waals surface area (Å²) in [7, 11) is 0. The molecule has 0 saturated heterocycles. The number of nitrogen functional groups attached to an aromatic ring is 1. The minimum absolute atomic E-state index is 0.0168. The van der Waals surface area contributed by atoms with E-state index in [0.29, 0.717) is 0 Å². The van der Waals surface area contributed by atoms with Gasteiger partial charge in [-0.15, -0.1) is 0 Å². The first-order chi connectivity index (χ1) is 9.42. The average Bonchev–Trinajstić information content (AvgIpc) is 2.35. The fourth-order valence-electron chi connectivity index (χ4n) is 1.77. The van der Waals surface area contributed by atoms with E-state index in [9.17, 15) is 14.0 Å². The molecule has 1 aromatic carbocycles. The summed E-state index contributed by atoms with van der Waals surface area (Å²) in [5.74, 6) is -1.80. The van der Waals surface area contributed by atoms with Crippen molar-refractivity contribution in [2.24, 2.45) is 0 Å². The molecular formula is C14H19FN2O3. The normalized spacial score (nSPS) is 11.8. The van der Waals surface area contributed by atoms with Crippen LogP contribution in [0.5, 0.6) is 0 Å². The molecule has 1 unspecified atom stereocenters. The zero-order valence-corrected chi connectivity index (χ0v) is 11.6. The minimum atomic E-state index is -0.783.